The van der Waals surface area contributed by atoms with Gasteiger partial charge in [-0.05, 0) is 30.2 Å². The minimum absolute atomic E-state index is 0.213. The van der Waals surface area contributed by atoms with Gasteiger partial charge in [-0.1, -0.05) is 24.3 Å². The van der Waals surface area contributed by atoms with Crippen molar-refractivity contribution in [1.82, 2.24) is 0 Å². The lowest BCUT2D eigenvalue weighted by Gasteiger charge is -2.12. The van der Waals surface area contributed by atoms with Crippen molar-refractivity contribution < 1.29 is 13.2 Å². The third-order valence-electron chi connectivity index (χ3n) is 2.80. The van der Waals surface area contributed by atoms with Crippen molar-refractivity contribution in [2.24, 2.45) is 5.73 Å². The van der Waals surface area contributed by atoms with Gasteiger partial charge in [0, 0.05) is 16.7 Å². The fourth-order valence-electron chi connectivity index (χ4n) is 1.81. The zero-order valence-corrected chi connectivity index (χ0v) is 11.5. The Kier molecular flexibility index (Phi) is 5.09. The summed E-state index contributed by atoms with van der Waals surface area (Å²) in [6.45, 7) is 0. The molecule has 2 N–H and O–H groups in total. The summed E-state index contributed by atoms with van der Waals surface area (Å²) in [6.07, 6.45) is 0.213. The van der Waals surface area contributed by atoms with Crippen molar-refractivity contribution in [1.29, 1.82) is 0 Å². The van der Waals surface area contributed by atoms with Gasteiger partial charge in [0.05, 0.1) is 0 Å². The van der Waals surface area contributed by atoms with Crippen molar-refractivity contribution >= 4 is 11.8 Å². The van der Waals surface area contributed by atoms with Gasteiger partial charge in [-0.25, -0.2) is 13.2 Å². The van der Waals surface area contributed by atoms with E-state index in [2.05, 4.69) is 0 Å². The molecule has 0 aliphatic carbocycles. The Morgan fingerprint density at radius 2 is 1.65 bits per heavy atom. The molecule has 5 heteroatoms. The number of halogens is 3. The molecular formula is C15H14F3NS. The molecule has 1 atom stereocenters. The van der Waals surface area contributed by atoms with Crippen molar-refractivity contribution in [3.63, 3.8) is 0 Å². The third-order valence-corrected chi connectivity index (χ3v) is 4.04. The summed E-state index contributed by atoms with van der Waals surface area (Å²) < 4.78 is 40.0. The standard InChI is InChI=1S/C15H14F3NS/c16-12-5-1-2-7-14(12)20-9-11(19)8-10-4-3-6-13(17)15(10)18/h1-7,11H,8-9,19H2. The highest BCUT2D eigenvalue weighted by molar-refractivity contribution is 7.99. The summed E-state index contributed by atoms with van der Waals surface area (Å²) in [5.74, 6) is -1.62. The van der Waals surface area contributed by atoms with Gasteiger partial charge in [0.2, 0.25) is 0 Å². The van der Waals surface area contributed by atoms with E-state index in [1.165, 1.54) is 30.0 Å². The molecule has 0 fully saturated rings. The third kappa shape index (κ3) is 3.77. The van der Waals surface area contributed by atoms with Crippen LogP contribution in [0.2, 0.25) is 0 Å². The normalized spacial score (nSPS) is 12.4. The summed E-state index contributed by atoms with van der Waals surface area (Å²) in [5, 5.41) is 0. The van der Waals surface area contributed by atoms with E-state index in [1.54, 1.807) is 18.2 Å². The highest BCUT2D eigenvalue weighted by Gasteiger charge is 2.12. The smallest absolute Gasteiger partial charge is 0.162 e. The number of rotatable bonds is 5. The fourth-order valence-corrected chi connectivity index (χ4v) is 2.70. The minimum Gasteiger partial charge on any atom is -0.327 e. The molecule has 2 aromatic carbocycles. The van der Waals surface area contributed by atoms with Gasteiger partial charge in [-0.15, -0.1) is 11.8 Å². The summed E-state index contributed by atoms with van der Waals surface area (Å²) in [6, 6.07) is 10.0. The fraction of sp³-hybridized carbons (Fsp3) is 0.200. The Bertz CT molecular complexity index is 589. The van der Waals surface area contributed by atoms with E-state index in [0.717, 1.165) is 6.07 Å². The Morgan fingerprint density at radius 1 is 0.950 bits per heavy atom. The van der Waals surface area contributed by atoms with Crippen molar-refractivity contribution in [2.75, 3.05) is 5.75 Å². The molecule has 0 spiro atoms. The van der Waals surface area contributed by atoms with Gasteiger partial charge in [0.15, 0.2) is 11.6 Å². The van der Waals surface area contributed by atoms with Crippen LogP contribution in [0.25, 0.3) is 0 Å². The van der Waals surface area contributed by atoms with E-state index in [4.69, 9.17) is 5.73 Å². The lowest BCUT2D eigenvalue weighted by atomic mass is 10.1. The first-order valence-electron chi connectivity index (χ1n) is 6.13. The molecule has 2 aromatic rings. The first-order chi connectivity index (χ1) is 9.58. The van der Waals surface area contributed by atoms with Crippen LogP contribution in [0.5, 0.6) is 0 Å². The molecule has 106 valence electrons. The Labute approximate surface area is 120 Å². The van der Waals surface area contributed by atoms with Gasteiger partial charge < -0.3 is 5.73 Å². The van der Waals surface area contributed by atoms with Gasteiger partial charge in [-0.2, -0.15) is 0 Å². The Balaban J connectivity index is 1.94. The quantitative estimate of drug-likeness (QED) is 0.850. The van der Waals surface area contributed by atoms with Gasteiger partial charge in [0.25, 0.3) is 0 Å². The number of hydrogen-bond donors (Lipinski definition) is 1. The monoisotopic (exact) mass is 297 g/mol. The van der Waals surface area contributed by atoms with Crippen LogP contribution in [0.4, 0.5) is 13.2 Å². The van der Waals surface area contributed by atoms with Crippen molar-refractivity contribution in [2.45, 2.75) is 17.4 Å². The largest absolute Gasteiger partial charge is 0.327 e. The Hall–Kier alpha value is -1.46. The summed E-state index contributed by atoms with van der Waals surface area (Å²) >= 11 is 1.27. The highest BCUT2D eigenvalue weighted by atomic mass is 32.2. The number of benzene rings is 2. The molecule has 0 saturated heterocycles. The van der Waals surface area contributed by atoms with E-state index >= 15 is 0 Å². The van der Waals surface area contributed by atoms with Crippen molar-refractivity contribution in [3.8, 4) is 0 Å². The minimum atomic E-state index is -0.878. The van der Waals surface area contributed by atoms with E-state index in [1.807, 2.05) is 0 Å². The van der Waals surface area contributed by atoms with Crippen LogP contribution in [0.1, 0.15) is 5.56 Å². The molecule has 1 unspecified atom stereocenters. The maximum absolute atomic E-state index is 13.5. The second-order valence-corrected chi connectivity index (χ2v) is 5.48. The zero-order chi connectivity index (χ0) is 14.5. The molecule has 0 aliphatic heterocycles. The molecule has 0 aromatic heterocycles. The molecular weight excluding hydrogens is 283 g/mol. The molecule has 0 saturated carbocycles. The van der Waals surface area contributed by atoms with Crippen molar-refractivity contribution in [3.05, 3.63) is 65.5 Å². The molecule has 2 rings (SSSR count). The molecule has 0 radical (unpaired) electrons. The molecule has 0 aliphatic rings. The number of hydrogen-bond acceptors (Lipinski definition) is 2. The molecule has 0 bridgehead atoms. The molecule has 0 amide bonds. The zero-order valence-electron chi connectivity index (χ0n) is 10.7. The predicted octanol–water partition coefficient (Wildman–Crippen LogP) is 3.77. The van der Waals surface area contributed by atoms with Crippen LogP contribution in [0.3, 0.4) is 0 Å². The topological polar surface area (TPSA) is 26.0 Å². The average molecular weight is 297 g/mol. The van der Waals surface area contributed by atoms with Crippen LogP contribution < -0.4 is 5.73 Å². The lowest BCUT2D eigenvalue weighted by Crippen LogP contribution is -2.26. The summed E-state index contributed by atoms with van der Waals surface area (Å²) in [5.41, 5.74) is 6.13. The first-order valence-corrected chi connectivity index (χ1v) is 7.12. The highest BCUT2D eigenvalue weighted by Crippen LogP contribution is 2.22. The first kappa shape index (κ1) is 14.9. The average Bonchev–Trinajstić information content (AvgIpc) is 2.43. The summed E-state index contributed by atoms with van der Waals surface area (Å²) in [4.78, 5) is 0.502. The second-order valence-electron chi connectivity index (χ2n) is 4.42. The van der Waals surface area contributed by atoms with E-state index in [-0.39, 0.29) is 23.8 Å². The van der Waals surface area contributed by atoms with E-state index in [9.17, 15) is 13.2 Å². The van der Waals surface area contributed by atoms with Crippen LogP contribution in [0, 0.1) is 17.5 Å². The van der Waals surface area contributed by atoms with Crippen LogP contribution in [-0.4, -0.2) is 11.8 Å². The number of nitrogens with two attached hydrogens (primary N) is 1. The van der Waals surface area contributed by atoms with Crippen LogP contribution in [-0.2, 0) is 6.42 Å². The van der Waals surface area contributed by atoms with Gasteiger partial charge in [0.1, 0.15) is 5.82 Å². The SMILES string of the molecule is NC(CSc1ccccc1F)Cc1cccc(F)c1F. The summed E-state index contributed by atoms with van der Waals surface area (Å²) in [7, 11) is 0. The number of thioether (sulfide) groups is 1. The molecule has 1 nitrogen and oxygen atoms in total. The maximum Gasteiger partial charge on any atom is 0.162 e. The van der Waals surface area contributed by atoms with Crippen LogP contribution >= 0.6 is 11.8 Å². The van der Waals surface area contributed by atoms with E-state index < -0.39 is 11.6 Å². The molecule has 0 heterocycles. The molecule has 20 heavy (non-hydrogen) atoms. The van der Waals surface area contributed by atoms with Gasteiger partial charge in [-0.3, -0.25) is 0 Å². The van der Waals surface area contributed by atoms with Crippen LogP contribution in [0.15, 0.2) is 47.4 Å². The van der Waals surface area contributed by atoms with E-state index in [0.29, 0.717) is 10.6 Å². The maximum atomic E-state index is 13.5. The Morgan fingerprint density at radius 3 is 2.40 bits per heavy atom. The van der Waals surface area contributed by atoms with Gasteiger partial charge >= 0.3 is 0 Å². The second kappa shape index (κ2) is 6.81. The predicted molar refractivity (Wildman–Crippen MR) is 75.2 cm³/mol. The lowest BCUT2D eigenvalue weighted by molar-refractivity contribution is 0.495.